The van der Waals surface area contributed by atoms with Crippen LogP contribution < -0.4 is 10.2 Å². The monoisotopic (exact) mass is 272 g/mol. The third-order valence-corrected chi connectivity index (χ3v) is 3.90. The number of rotatable bonds is 2. The third kappa shape index (κ3) is 2.22. The van der Waals surface area contributed by atoms with Crippen molar-refractivity contribution in [1.29, 1.82) is 0 Å². The van der Waals surface area contributed by atoms with Crippen molar-refractivity contribution in [3.05, 3.63) is 36.0 Å². The fourth-order valence-corrected chi connectivity index (χ4v) is 2.86. The van der Waals surface area contributed by atoms with Gasteiger partial charge in [-0.3, -0.25) is 4.79 Å². The quantitative estimate of drug-likeness (QED) is 0.637. The van der Waals surface area contributed by atoms with Crippen LogP contribution in [0.15, 0.2) is 36.0 Å². The van der Waals surface area contributed by atoms with Crippen molar-refractivity contribution >= 4 is 17.5 Å². The first-order valence-corrected chi connectivity index (χ1v) is 6.76. The van der Waals surface area contributed by atoms with Crippen molar-refractivity contribution in [2.24, 2.45) is 5.92 Å². The first-order valence-electron chi connectivity index (χ1n) is 6.76. The topological polar surface area (TPSA) is 58.6 Å². The second kappa shape index (κ2) is 5.49. The van der Waals surface area contributed by atoms with Crippen LogP contribution in [0.2, 0.25) is 0 Å². The molecule has 0 bridgehead atoms. The molecule has 2 heterocycles. The van der Waals surface area contributed by atoms with E-state index >= 15 is 0 Å². The Balaban J connectivity index is 1.96. The van der Waals surface area contributed by atoms with E-state index in [9.17, 15) is 9.59 Å². The van der Waals surface area contributed by atoms with Crippen LogP contribution in [0.25, 0.3) is 0 Å². The van der Waals surface area contributed by atoms with Crippen LogP contribution in [-0.4, -0.2) is 37.6 Å². The number of carbonyl (C=O) groups is 1. The normalized spacial score (nSPS) is 26.3. The Morgan fingerprint density at radius 3 is 2.75 bits per heavy atom. The summed E-state index contributed by atoms with van der Waals surface area (Å²) in [5, 5.41) is 2.89. The zero-order valence-electron chi connectivity index (χ0n) is 11.0. The number of hydrogen-bond donors (Lipinski definition) is 1. The van der Waals surface area contributed by atoms with Gasteiger partial charge >= 0.3 is 0 Å². The summed E-state index contributed by atoms with van der Waals surface area (Å²) in [7, 11) is 0. The standard InChI is InChI=1S/C15H16N2O3/c18-9-13-15(19)17(12-4-2-1-3-5-12)14(8-16-13)11-6-7-20-10-11/h1-5,11,14,16H,6-8,10H2/t11-,14?/m1/s1. The number of amides is 1. The number of anilines is 1. The maximum Gasteiger partial charge on any atom is 0.286 e. The number of piperazine rings is 1. The smallest absolute Gasteiger partial charge is 0.286 e. The van der Waals surface area contributed by atoms with E-state index in [2.05, 4.69) is 5.32 Å². The SMILES string of the molecule is O=C=C1NCC([C@@H]2CCOC2)N(c2ccccc2)C1=O. The molecule has 5 nitrogen and oxygen atoms in total. The molecule has 2 atom stereocenters. The number of para-hydroxylation sites is 1. The molecule has 0 saturated carbocycles. The highest BCUT2D eigenvalue weighted by Crippen LogP contribution is 2.28. The van der Waals surface area contributed by atoms with Crippen LogP contribution in [0, 0.1) is 5.92 Å². The molecule has 2 saturated heterocycles. The van der Waals surface area contributed by atoms with Gasteiger partial charge in [-0.05, 0) is 18.6 Å². The van der Waals surface area contributed by atoms with Gasteiger partial charge in [0.2, 0.25) is 0 Å². The van der Waals surface area contributed by atoms with Crippen LogP contribution in [-0.2, 0) is 14.3 Å². The van der Waals surface area contributed by atoms with Gasteiger partial charge in [-0.2, -0.15) is 0 Å². The lowest BCUT2D eigenvalue weighted by atomic mass is 9.94. The van der Waals surface area contributed by atoms with E-state index in [1.54, 1.807) is 10.8 Å². The molecule has 0 radical (unpaired) electrons. The highest BCUT2D eigenvalue weighted by Gasteiger charge is 2.39. The Kier molecular flexibility index (Phi) is 3.54. The van der Waals surface area contributed by atoms with Crippen molar-refractivity contribution in [2.75, 3.05) is 24.7 Å². The van der Waals surface area contributed by atoms with Gasteiger partial charge < -0.3 is 15.0 Å². The summed E-state index contributed by atoms with van der Waals surface area (Å²) in [6, 6.07) is 9.45. The van der Waals surface area contributed by atoms with Crippen molar-refractivity contribution in [1.82, 2.24) is 5.32 Å². The zero-order chi connectivity index (χ0) is 13.9. The number of benzene rings is 1. The molecule has 20 heavy (non-hydrogen) atoms. The van der Waals surface area contributed by atoms with E-state index < -0.39 is 0 Å². The number of nitrogens with one attached hydrogen (secondary N) is 1. The molecule has 2 fully saturated rings. The van der Waals surface area contributed by atoms with Crippen LogP contribution >= 0.6 is 0 Å². The molecule has 1 aromatic rings. The van der Waals surface area contributed by atoms with E-state index in [0.717, 1.165) is 18.7 Å². The second-order valence-corrected chi connectivity index (χ2v) is 5.06. The summed E-state index contributed by atoms with van der Waals surface area (Å²) in [5.74, 6) is 1.68. The van der Waals surface area contributed by atoms with Gasteiger partial charge in [0.25, 0.3) is 5.91 Å². The highest BCUT2D eigenvalue weighted by molar-refractivity contribution is 6.11. The average molecular weight is 272 g/mol. The summed E-state index contributed by atoms with van der Waals surface area (Å²) in [5.41, 5.74) is 0.813. The maximum absolute atomic E-state index is 12.4. The van der Waals surface area contributed by atoms with E-state index in [4.69, 9.17) is 4.74 Å². The van der Waals surface area contributed by atoms with Crippen LogP contribution in [0.4, 0.5) is 5.69 Å². The molecule has 1 N–H and O–H groups in total. The Bertz CT molecular complexity index is 545. The fourth-order valence-electron chi connectivity index (χ4n) is 2.86. The molecule has 5 heteroatoms. The van der Waals surface area contributed by atoms with Gasteiger partial charge in [0, 0.05) is 24.8 Å². The molecule has 104 valence electrons. The van der Waals surface area contributed by atoms with Crippen LogP contribution in [0.1, 0.15) is 6.42 Å². The lowest BCUT2D eigenvalue weighted by Crippen LogP contribution is -2.57. The Morgan fingerprint density at radius 1 is 1.30 bits per heavy atom. The number of carbonyl (C=O) groups excluding carboxylic acids is 2. The van der Waals surface area contributed by atoms with Crippen molar-refractivity contribution in [3.8, 4) is 0 Å². The minimum atomic E-state index is -0.311. The number of hydrogen-bond acceptors (Lipinski definition) is 4. The van der Waals surface area contributed by atoms with E-state index in [1.807, 2.05) is 30.3 Å². The van der Waals surface area contributed by atoms with Crippen LogP contribution in [0.3, 0.4) is 0 Å². The lowest BCUT2D eigenvalue weighted by Gasteiger charge is -2.39. The number of ether oxygens (including phenoxy) is 1. The molecule has 2 aliphatic rings. The summed E-state index contributed by atoms with van der Waals surface area (Å²) in [6.07, 6.45) is 0.934. The highest BCUT2D eigenvalue weighted by atomic mass is 16.5. The summed E-state index contributed by atoms with van der Waals surface area (Å²) >= 11 is 0. The molecule has 1 unspecified atom stereocenters. The van der Waals surface area contributed by atoms with E-state index in [-0.39, 0.29) is 17.6 Å². The third-order valence-electron chi connectivity index (χ3n) is 3.90. The van der Waals surface area contributed by atoms with Gasteiger partial charge in [-0.1, -0.05) is 18.2 Å². The molecule has 0 aliphatic carbocycles. The van der Waals surface area contributed by atoms with Crippen LogP contribution in [0.5, 0.6) is 0 Å². The molecule has 3 rings (SSSR count). The fraction of sp³-hybridized carbons (Fsp3) is 0.400. The van der Waals surface area contributed by atoms with E-state index in [0.29, 0.717) is 19.1 Å². The van der Waals surface area contributed by atoms with Gasteiger partial charge in [-0.25, -0.2) is 4.79 Å². The Labute approximate surface area is 117 Å². The predicted octanol–water partition coefficient (Wildman–Crippen LogP) is 0.743. The maximum atomic E-state index is 12.4. The largest absolute Gasteiger partial charge is 0.381 e. The van der Waals surface area contributed by atoms with Crippen molar-refractivity contribution in [3.63, 3.8) is 0 Å². The van der Waals surface area contributed by atoms with Crippen molar-refractivity contribution in [2.45, 2.75) is 12.5 Å². The predicted molar refractivity (Wildman–Crippen MR) is 73.9 cm³/mol. The van der Waals surface area contributed by atoms with Gasteiger partial charge in [0.15, 0.2) is 11.6 Å². The lowest BCUT2D eigenvalue weighted by molar-refractivity contribution is -0.116. The zero-order valence-corrected chi connectivity index (χ0v) is 11.0. The Morgan fingerprint density at radius 2 is 2.10 bits per heavy atom. The molecule has 0 spiro atoms. The Hall–Kier alpha value is -2.10. The summed E-state index contributed by atoms with van der Waals surface area (Å²) in [4.78, 5) is 25.0. The summed E-state index contributed by atoms with van der Waals surface area (Å²) in [6.45, 7) is 1.94. The summed E-state index contributed by atoms with van der Waals surface area (Å²) < 4.78 is 5.43. The van der Waals surface area contributed by atoms with E-state index in [1.165, 1.54) is 0 Å². The first-order chi connectivity index (χ1) is 9.81. The molecule has 1 amide bonds. The molecule has 1 aromatic carbocycles. The molecule has 0 aromatic heterocycles. The second-order valence-electron chi connectivity index (χ2n) is 5.06. The minimum absolute atomic E-state index is 0.00372. The van der Waals surface area contributed by atoms with Gasteiger partial charge in [-0.15, -0.1) is 0 Å². The number of nitrogens with zero attached hydrogens (tertiary/aromatic N) is 1. The molecule has 2 aliphatic heterocycles. The molecular weight excluding hydrogens is 256 g/mol. The van der Waals surface area contributed by atoms with Crippen molar-refractivity contribution < 1.29 is 14.3 Å². The first kappa shape index (κ1) is 12.9. The average Bonchev–Trinajstić information content (AvgIpc) is 3.02. The van der Waals surface area contributed by atoms with Gasteiger partial charge in [0.05, 0.1) is 12.6 Å². The molecular formula is C15H16N2O3. The minimum Gasteiger partial charge on any atom is -0.381 e. The van der Waals surface area contributed by atoms with Gasteiger partial charge in [0.1, 0.15) is 0 Å².